The van der Waals surface area contributed by atoms with Crippen LogP contribution in [0.4, 0.5) is 8.78 Å². The quantitative estimate of drug-likeness (QED) is 0.357. The van der Waals surface area contributed by atoms with Crippen LogP contribution in [-0.2, 0) is 11.3 Å². The molecule has 26 heavy (non-hydrogen) atoms. The zero-order valence-corrected chi connectivity index (χ0v) is 17.8. The van der Waals surface area contributed by atoms with Crippen LogP contribution in [0.2, 0.25) is 0 Å². The molecular weight excluding hydrogens is 453 g/mol. The molecule has 8 heteroatoms. The van der Waals surface area contributed by atoms with Crippen LogP contribution in [0.15, 0.2) is 23.2 Å². The lowest BCUT2D eigenvalue weighted by Gasteiger charge is -2.32. The minimum absolute atomic E-state index is 0. The van der Waals surface area contributed by atoms with Crippen molar-refractivity contribution in [3.8, 4) is 0 Å². The van der Waals surface area contributed by atoms with Crippen molar-refractivity contribution in [1.82, 2.24) is 15.5 Å². The van der Waals surface area contributed by atoms with Gasteiger partial charge in [0.25, 0.3) is 0 Å². The minimum atomic E-state index is -0.451. The zero-order chi connectivity index (χ0) is 18.1. The van der Waals surface area contributed by atoms with Gasteiger partial charge in [0, 0.05) is 44.9 Å². The first-order valence-electron chi connectivity index (χ1n) is 8.82. The van der Waals surface area contributed by atoms with Crippen LogP contribution in [-0.4, -0.2) is 56.8 Å². The standard InChI is InChI=1S/C18H28F2N4O.HI/c1-3-21-18(22-13-14-12-15(19)4-5-17(14)20)23-16-6-8-24(9-7-16)10-11-25-2;/h4-5,12,16H,3,6-11,13H2,1-2H3,(H2,21,22,23);1H. The number of nitrogens with zero attached hydrogens (tertiary/aromatic N) is 2. The van der Waals surface area contributed by atoms with Crippen molar-refractivity contribution in [3.05, 3.63) is 35.4 Å². The Morgan fingerprint density at radius 2 is 2.04 bits per heavy atom. The summed E-state index contributed by atoms with van der Waals surface area (Å²) in [6.07, 6.45) is 2.03. The first-order valence-corrected chi connectivity index (χ1v) is 8.82. The average molecular weight is 482 g/mol. The van der Waals surface area contributed by atoms with Gasteiger partial charge in [-0.2, -0.15) is 0 Å². The van der Waals surface area contributed by atoms with E-state index in [1.807, 2.05) is 6.92 Å². The Labute approximate surface area is 171 Å². The molecule has 0 bridgehead atoms. The van der Waals surface area contributed by atoms with Gasteiger partial charge in [-0.25, -0.2) is 13.8 Å². The number of nitrogens with one attached hydrogen (secondary N) is 2. The first-order chi connectivity index (χ1) is 12.1. The number of rotatable bonds is 7. The van der Waals surface area contributed by atoms with Crippen LogP contribution in [0.5, 0.6) is 0 Å². The Balaban J connectivity index is 0.00000338. The van der Waals surface area contributed by atoms with E-state index in [0.717, 1.165) is 51.2 Å². The Bertz CT molecular complexity index is 566. The van der Waals surface area contributed by atoms with Gasteiger partial charge in [-0.15, -0.1) is 24.0 Å². The molecule has 0 saturated carbocycles. The number of aliphatic imine (C=N–C) groups is 1. The molecule has 1 heterocycles. The molecule has 0 aromatic heterocycles. The molecule has 0 radical (unpaired) electrons. The van der Waals surface area contributed by atoms with E-state index in [1.54, 1.807) is 7.11 Å². The Morgan fingerprint density at radius 1 is 1.31 bits per heavy atom. The second kappa shape index (κ2) is 12.4. The smallest absolute Gasteiger partial charge is 0.191 e. The largest absolute Gasteiger partial charge is 0.383 e. The van der Waals surface area contributed by atoms with Crippen LogP contribution in [0.3, 0.4) is 0 Å². The predicted octanol–water partition coefficient (Wildman–Crippen LogP) is 2.75. The van der Waals surface area contributed by atoms with Crippen LogP contribution in [0.1, 0.15) is 25.3 Å². The van der Waals surface area contributed by atoms with Gasteiger partial charge in [-0.05, 0) is 38.0 Å². The van der Waals surface area contributed by atoms with Crippen molar-refractivity contribution >= 4 is 29.9 Å². The molecule has 0 unspecified atom stereocenters. The second-order valence-electron chi connectivity index (χ2n) is 6.18. The van der Waals surface area contributed by atoms with Crippen LogP contribution in [0, 0.1) is 11.6 Å². The van der Waals surface area contributed by atoms with Crippen LogP contribution < -0.4 is 10.6 Å². The monoisotopic (exact) mass is 482 g/mol. The summed E-state index contributed by atoms with van der Waals surface area (Å²) in [5, 5.41) is 6.57. The summed E-state index contributed by atoms with van der Waals surface area (Å²) in [7, 11) is 1.72. The maximum absolute atomic E-state index is 13.7. The van der Waals surface area contributed by atoms with Crippen LogP contribution >= 0.6 is 24.0 Å². The summed E-state index contributed by atoms with van der Waals surface area (Å²) in [4.78, 5) is 6.79. The first kappa shape index (κ1) is 23.0. The fourth-order valence-corrected chi connectivity index (χ4v) is 2.86. The summed E-state index contributed by atoms with van der Waals surface area (Å²) in [6.45, 7) is 6.53. The molecule has 2 rings (SSSR count). The van der Waals surface area contributed by atoms with Crippen molar-refractivity contribution in [2.24, 2.45) is 4.99 Å². The lowest BCUT2D eigenvalue weighted by molar-refractivity contribution is 0.128. The van der Waals surface area contributed by atoms with Crippen molar-refractivity contribution in [2.45, 2.75) is 32.4 Å². The number of likely N-dealkylation sites (tertiary alicyclic amines) is 1. The van der Waals surface area contributed by atoms with Crippen molar-refractivity contribution in [2.75, 3.05) is 39.9 Å². The van der Waals surface area contributed by atoms with Crippen molar-refractivity contribution < 1.29 is 13.5 Å². The van der Waals surface area contributed by atoms with Crippen molar-refractivity contribution in [1.29, 1.82) is 0 Å². The van der Waals surface area contributed by atoms with Gasteiger partial charge in [0.15, 0.2) is 5.96 Å². The van der Waals surface area contributed by atoms with Gasteiger partial charge >= 0.3 is 0 Å². The summed E-state index contributed by atoms with van der Waals surface area (Å²) < 4.78 is 32.1. The molecule has 1 fully saturated rings. The molecule has 1 saturated heterocycles. The van der Waals surface area contributed by atoms with E-state index >= 15 is 0 Å². The highest BCUT2D eigenvalue weighted by atomic mass is 127. The highest BCUT2D eigenvalue weighted by molar-refractivity contribution is 14.0. The number of benzene rings is 1. The number of piperidine rings is 1. The Kier molecular flexibility index (Phi) is 11.0. The average Bonchev–Trinajstić information content (AvgIpc) is 2.62. The molecule has 0 spiro atoms. The van der Waals surface area contributed by atoms with E-state index in [4.69, 9.17) is 4.74 Å². The molecular formula is C18H29F2IN4O. The number of halogens is 3. The molecule has 0 atom stereocenters. The van der Waals surface area contributed by atoms with E-state index in [0.29, 0.717) is 18.5 Å². The predicted molar refractivity (Wildman–Crippen MR) is 111 cm³/mol. The molecule has 2 N–H and O–H groups in total. The lowest BCUT2D eigenvalue weighted by atomic mass is 10.1. The van der Waals surface area contributed by atoms with Crippen molar-refractivity contribution in [3.63, 3.8) is 0 Å². The van der Waals surface area contributed by atoms with E-state index in [9.17, 15) is 8.78 Å². The third-order valence-corrected chi connectivity index (χ3v) is 4.30. The number of guanidine groups is 1. The molecule has 0 amide bonds. The third-order valence-electron chi connectivity index (χ3n) is 4.30. The molecule has 5 nitrogen and oxygen atoms in total. The van der Waals surface area contributed by atoms with Gasteiger partial charge in [0.2, 0.25) is 0 Å². The third kappa shape index (κ3) is 7.71. The summed E-state index contributed by atoms with van der Waals surface area (Å²) in [5.41, 5.74) is 0.256. The van der Waals surface area contributed by atoms with Gasteiger partial charge in [-0.3, -0.25) is 0 Å². The van der Waals surface area contributed by atoms with E-state index in [2.05, 4.69) is 20.5 Å². The normalized spacial score (nSPS) is 16.2. The number of hydrogen-bond acceptors (Lipinski definition) is 3. The lowest BCUT2D eigenvalue weighted by Crippen LogP contribution is -2.49. The minimum Gasteiger partial charge on any atom is -0.383 e. The topological polar surface area (TPSA) is 48.9 Å². The van der Waals surface area contributed by atoms with Gasteiger partial charge < -0.3 is 20.3 Å². The molecule has 1 aliphatic heterocycles. The summed E-state index contributed by atoms with van der Waals surface area (Å²) in [6, 6.07) is 3.77. The summed E-state index contributed by atoms with van der Waals surface area (Å²) in [5.74, 6) is -0.248. The molecule has 1 aliphatic rings. The van der Waals surface area contributed by atoms with Gasteiger partial charge in [0.1, 0.15) is 11.6 Å². The summed E-state index contributed by atoms with van der Waals surface area (Å²) >= 11 is 0. The maximum atomic E-state index is 13.7. The molecule has 148 valence electrons. The fourth-order valence-electron chi connectivity index (χ4n) is 2.86. The molecule has 1 aromatic rings. The van der Waals surface area contributed by atoms with E-state index < -0.39 is 11.6 Å². The highest BCUT2D eigenvalue weighted by Crippen LogP contribution is 2.12. The van der Waals surface area contributed by atoms with E-state index in [1.165, 1.54) is 6.07 Å². The molecule has 0 aliphatic carbocycles. The Hall–Kier alpha value is -1.00. The number of methoxy groups -OCH3 is 1. The second-order valence-corrected chi connectivity index (χ2v) is 6.18. The zero-order valence-electron chi connectivity index (χ0n) is 15.4. The van der Waals surface area contributed by atoms with Gasteiger partial charge in [-0.1, -0.05) is 0 Å². The highest BCUT2D eigenvalue weighted by Gasteiger charge is 2.19. The van der Waals surface area contributed by atoms with E-state index in [-0.39, 0.29) is 36.1 Å². The number of hydrogen-bond donors (Lipinski definition) is 2. The molecule has 1 aromatic carbocycles. The Morgan fingerprint density at radius 3 is 2.69 bits per heavy atom. The SMILES string of the molecule is CCNC(=NCc1cc(F)ccc1F)NC1CCN(CCOC)CC1.I. The maximum Gasteiger partial charge on any atom is 0.191 e. The van der Waals surface area contributed by atoms with Gasteiger partial charge in [0.05, 0.1) is 13.2 Å². The number of ether oxygens (including phenoxy) is 1. The fraction of sp³-hybridized carbons (Fsp3) is 0.611. The van der Waals surface area contributed by atoms with Crippen LogP contribution in [0.25, 0.3) is 0 Å².